The van der Waals surface area contributed by atoms with Crippen LogP contribution in [0.5, 0.6) is 5.75 Å². The molecule has 0 bridgehead atoms. The van der Waals surface area contributed by atoms with E-state index in [1.165, 1.54) is 0 Å². The summed E-state index contributed by atoms with van der Waals surface area (Å²) >= 11 is 2.30. The number of aryl methyl sites for hydroxylation is 3. The largest absolute Gasteiger partial charge is 0.489 e. The number of nitrogens with one attached hydrogen (secondary N) is 1. The molecule has 1 N–H and O–H groups in total. The van der Waals surface area contributed by atoms with Crippen molar-refractivity contribution in [3.8, 4) is 11.4 Å². The fourth-order valence-corrected chi connectivity index (χ4v) is 3.67. The van der Waals surface area contributed by atoms with Gasteiger partial charge in [-0.05, 0) is 98.8 Å². The van der Waals surface area contributed by atoms with E-state index < -0.39 is 0 Å². The summed E-state index contributed by atoms with van der Waals surface area (Å²) in [6, 6.07) is 14.7. The van der Waals surface area contributed by atoms with E-state index in [4.69, 9.17) is 9.26 Å². The normalized spacial score (nSPS) is 10.9. The molecule has 0 radical (unpaired) electrons. The van der Waals surface area contributed by atoms with Crippen LogP contribution >= 0.6 is 22.6 Å². The molecule has 4 rings (SSSR count). The first-order chi connectivity index (χ1) is 15.3. The zero-order valence-electron chi connectivity index (χ0n) is 18.3. The molecule has 0 aliphatic rings. The number of anilines is 1. The van der Waals surface area contributed by atoms with Crippen molar-refractivity contribution in [2.75, 3.05) is 5.32 Å². The van der Waals surface area contributed by atoms with Gasteiger partial charge in [0.1, 0.15) is 18.1 Å². The van der Waals surface area contributed by atoms with Gasteiger partial charge in [0.2, 0.25) is 0 Å². The summed E-state index contributed by atoms with van der Waals surface area (Å²) in [4.78, 5) is 12.6. The summed E-state index contributed by atoms with van der Waals surface area (Å²) in [7, 11) is 0. The minimum absolute atomic E-state index is 0.185. The predicted molar refractivity (Wildman–Crippen MR) is 130 cm³/mol. The number of amides is 1. The second kappa shape index (κ2) is 9.15. The highest BCUT2D eigenvalue weighted by molar-refractivity contribution is 14.1. The smallest absolute Gasteiger partial charge is 0.255 e. The van der Waals surface area contributed by atoms with Gasteiger partial charge in [0.05, 0.1) is 31.9 Å². The van der Waals surface area contributed by atoms with Crippen molar-refractivity contribution in [1.82, 2.24) is 14.9 Å². The maximum absolute atomic E-state index is 12.6. The van der Waals surface area contributed by atoms with Crippen LogP contribution < -0.4 is 10.1 Å². The van der Waals surface area contributed by atoms with E-state index in [1.54, 1.807) is 24.3 Å². The van der Waals surface area contributed by atoms with Gasteiger partial charge in [-0.15, -0.1) is 0 Å². The number of ether oxygens (including phenoxy) is 1. The first-order valence-electron chi connectivity index (χ1n) is 10.1. The van der Waals surface area contributed by atoms with E-state index in [0.717, 1.165) is 37.7 Å². The average molecular weight is 542 g/mol. The van der Waals surface area contributed by atoms with Gasteiger partial charge >= 0.3 is 0 Å². The lowest BCUT2D eigenvalue weighted by molar-refractivity contribution is 0.102. The minimum Gasteiger partial charge on any atom is -0.489 e. The lowest BCUT2D eigenvalue weighted by atomic mass is 10.2. The number of carbonyl (C=O) groups excluding carboxylic acids is 1. The second-order valence-corrected chi connectivity index (χ2v) is 8.59. The first kappa shape index (κ1) is 22.1. The molecule has 2 aromatic heterocycles. The summed E-state index contributed by atoms with van der Waals surface area (Å²) < 4.78 is 14.0. The van der Waals surface area contributed by atoms with Crippen LogP contribution in [0, 0.1) is 31.3 Å². The molecule has 2 heterocycles. The Hall–Kier alpha value is -3.14. The quantitative estimate of drug-likeness (QED) is 0.324. The van der Waals surface area contributed by atoms with Gasteiger partial charge in [-0.2, -0.15) is 5.10 Å². The van der Waals surface area contributed by atoms with Crippen molar-refractivity contribution >= 4 is 34.2 Å². The van der Waals surface area contributed by atoms with E-state index in [1.807, 2.05) is 56.6 Å². The number of halogens is 1. The van der Waals surface area contributed by atoms with Crippen LogP contribution in [0.3, 0.4) is 0 Å². The molecule has 7 nitrogen and oxygen atoms in total. The summed E-state index contributed by atoms with van der Waals surface area (Å²) in [6.45, 7) is 8.14. The number of aromatic nitrogens is 3. The van der Waals surface area contributed by atoms with E-state index >= 15 is 0 Å². The van der Waals surface area contributed by atoms with Crippen molar-refractivity contribution in [2.45, 2.75) is 34.3 Å². The summed E-state index contributed by atoms with van der Waals surface area (Å²) in [5.41, 5.74) is 6.06. The highest BCUT2D eigenvalue weighted by atomic mass is 127. The molecule has 0 aliphatic carbocycles. The molecule has 0 saturated heterocycles. The molecule has 0 fully saturated rings. The molecule has 1 amide bonds. The van der Waals surface area contributed by atoms with Crippen LogP contribution in [0.2, 0.25) is 0 Å². The fraction of sp³-hybridized carbons (Fsp3) is 0.208. The predicted octanol–water partition coefficient (Wildman–Crippen LogP) is 5.53. The molecule has 0 aliphatic heterocycles. The molecule has 0 saturated carbocycles. The van der Waals surface area contributed by atoms with Crippen molar-refractivity contribution in [1.29, 1.82) is 0 Å². The molecule has 0 spiro atoms. The van der Waals surface area contributed by atoms with Crippen molar-refractivity contribution in [3.05, 3.63) is 86.1 Å². The van der Waals surface area contributed by atoms with Gasteiger partial charge in [-0.25, -0.2) is 4.68 Å². The molecular formula is C24H23IN4O3. The summed E-state index contributed by atoms with van der Waals surface area (Å²) in [5.74, 6) is 1.23. The highest BCUT2D eigenvalue weighted by Crippen LogP contribution is 2.22. The van der Waals surface area contributed by atoms with Gasteiger partial charge in [-0.1, -0.05) is 5.16 Å². The number of rotatable bonds is 6. The molecular weight excluding hydrogens is 519 g/mol. The van der Waals surface area contributed by atoms with Crippen LogP contribution in [-0.2, 0) is 6.61 Å². The van der Waals surface area contributed by atoms with E-state index in [0.29, 0.717) is 23.6 Å². The van der Waals surface area contributed by atoms with Crippen molar-refractivity contribution in [3.63, 3.8) is 0 Å². The third-order valence-electron chi connectivity index (χ3n) is 5.25. The van der Waals surface area contributed by atoms with Crippen LogP contribution in [0.4, 0.5) is 5.69 Å². The van der Waals surface area contributed by atoms with Crippen molar-refractivity contribution in [2.24, 2.45) is 0 Å². The Morgan fingerprint density at radius 2 is 1.72 bits per heavy atom. The summed E-state index contributed by atoms with van der Waals surface area (Å²) in [5, 5.41) is 11.4. The number of carbonyl (C=O) groups is 1. The Labute approximate surface area is 199 Å². The molecule has 32 heavy (non-hydrogen) atoms. The monoisotopic (exact) mass is 542 g/mol. The molecule has 2 aromatic carbocycles. The Bertz CT molecular complexity index is 1240. The summed E-state index contributed by atoms with van der Waals surface area (Å²) in [6.07, 6.45) is 0. The fourth-order valence-electron chi connectivity index (χ4n) is 3.33. The van der Waals surface area contributed by atoms with Crippen molar-refractivity contribution < 1.29 is 14.1 Å². The second-order valence-electron chi connectivity index (χ2n) is 7.51. The Morgan fingerprint density at radius 3 is 2.28 bits per heavy atom. The van der Waals surface area contributed by atoms with Gasteiger partial charge in [-0.3, -0.25) is 4.79 Å². The maximum atomic E-state index is 12.6. The number of nitrogens with zero attached hydrogens (tertiary/aromatic N) is 3. The maximum Gasteiger partial charge on any atom is 0.255 e. The van der Waals surface area contributed by atoms with Crippen LogP contribution in [-0.4, -0.2) is 20.8 Å². The SMILES string of the molecule is Cc1nn(-c2ccc(NC(=O)c3ccc(OCc4c(C)noc4C)cc3)cc2)c(C)c1I. The molecule has 164 valence electrons. The first-order valence-corrected chi connectivity index (χ1v) is 11.2. The number of hydrogen-bond donors (Lipinski definition) is 1. The number of hydrogen-bond acceptors (Lipinski definition) is 5. The molecule has 4 aromatic rings. The lowest BCUT2D eigenvalue weighted by Crippen LogP contribution is -2.12. The Balaban J connectivity index is 1.39. The standard InChI is InChI=1S/C24H23IN4O3/c1-14-22(17(4)32-28-14)13-31-21-11-5-18(6-12-21)24(30)26-19-7-9-20(10-8-19)29-16(3)23(25)15(2)27-29/h5-12H,13H2,1-4H3,(H,26,30). The van der Waals surface area contributed by atoms with Gasteiger partial charge in [0.25, 0.3) is 5.91 Å². The topological polar surface area (TPSA) is 82.2 Å². The Morgan fingerprint density at radius 1 is 1.03 bits per heavy atom. The zero-order chi connectivity index (χ0) is 22.8. The zero-order valence-corrected chi connectivity index (χ0v) is 20.4. The molecule has 8 heteroatoms. The minimum atomic E-state index is -0.185. The third-order valence-corrected chi connectivity index (χ3v) is 6.81. The van der Waals surface area contributed by atoms with Gasteiger partial charge in [0, 0.05) is 11.3 Å². The Kier molecular flexibility index (Phi) is 6.31. The van der Waals surface area contributed by atoms with E-state index in [2.05, 4.69) is 38.2 Å². The third kappa shape index (κ3) is 4.55. The van der Waals surface area contributed by atoms with Crippen LogP contribution in [0.25, 0.3) is 5.69 Å². The van der Waals surface area contributed by atoms with Crippen LogP contribution in [0.15, 0.2) is 53.1 Å². The molecule has 0 atom stereocenters. The van der Waals surface area contributed by atoms with Gasteiger partial charge < -0.3 is 14.6 Å². The van der Waals surface area contributed by atoms with E-state index in [9.17, 15) is 4.79 Å². The van der Waals surface area contributed by atoms with Crippen LogP contribution in [0.1, 0.15) is 38.8 Å². The van der Waals surface area contributed by atoms with Gasteiger partial charge in [0.15, 0.2) is 0 Å². The highest BCUT2D eigenvalue weighted by Gasteiger charge is 2.12. The average Bonchev–Trinajstić information content (AvgIpc) is 3.25. The lowest BCUT2D eigenvalue weighted by Gasteiger charge is -2.09. The molecule has 0 unspecified atom stereocenters. The van der Waals surface area contributed by atoms with E-state index in [-0.39, 0.29) is 5.91 Å². The number of benzene rings is 2.